The van der Waals surface area contributed by atoms with E-state index in [2.05, 4.69) is 30.4 Å². The second-order valence-electron chi connectivity index (χ2n) is 5.06. The van der Waals surface area contributed by atoms with Gasteiger partial charge in [-0.2, -0.15) is 0 Å². The minimum atomic E-state index is -0.364. The van der Waals surface area contributed by atoms with Gasteiger partial charge in [0.2, 0.25) is 0 Å². The Balaban J connectivity index is 2.25. The largest absolute Gasteiger partial charge is 0.319 e. The van der Waals surface area contributed by atoms with Gasteiger partial charge in [-0.25, -0.2) is 4.39 Å². The normalized spacial score (nSPS) is 12.4. The highest BCUT2D eigenvalue weighted by Crippen LogP contribution is 2.25. The first-order chi connectivity index (χ1) is 9.61. The van der Waals surface area contributed by atoms with Crippen molar-refractivity contribution >= 4 is 11.6 Å². The van der Waals surface area contributed by atoms with Gasteiger partial charge in [-0.15, -0.1) is 0 Å². The Morgan fingerprint density at radius 2 is 1.95 bits per heavy atom. The number of rotatable bonds is 5. The lowest BCUT2D eigenvalue weighted by molar-refractivity contribution is 0.614. The van der Waals surface area contributed by atoms with Crippen molar-refractivity contribution in [3.8, 4) is 0 Å². The molecular formula is C17H19ClFN. The maximum Gasteiger partial charge on any atom is 0.141 e. The van der Waals surface area contributed by atoms with E-state index in [0.717, 1.165) is 18.5 Å². The van der Waals surface area contributed by atoms with Crippen LogP contribution in [0.3, 0.4) is 0 Å². The number of halogens is 2. The molecule has 1 atom stereocenters. The van der Waals surface area contributed by atoms with E-state index >= 15 is 0 Å². The Kier molecular flexibility index (Phi) is 5.16. The van der Waals surface area contributed by atoms with Gasteiger partial charge in [-0.05, 0) is 49.2 Å². The number of benzene rings is 2. The molecule has 1 N–H and O–H groups in total. The van der Waals surface area contributed by atoms with Crippen molar-refractivity contribution in [2.75, 3.05) is 13.6 Å². The average Bonchev–Trinajstić information content (AvgIpc) is 2.43. The maximum absolute atomic E-state index is 13.2. The molecule has 0 fully saturated rings. The highest BCUT2D eigenvalue weighted by atomic mass is 35.5. The van der Waals surface area contributed by atoms with Crippen molar-refractivity contribution in [2.45, 2.75) is 19.3 Å². The highest BCUT2D eigenvalue weighted by molar-refractivity contribution is 6.30. The van der Waals surface area contributed by atoms with Crippen molar-refractivity contribution < 1.29 is 4.39 Å². The molecule has 2 aromatic rings. The molecule has 106 valence electrons. The highest BCUT2D eigenvalue weighted by Gasteiger charge is 2.14. The zero-order valence-electron chi connectivity index (χ0n) is 11.8. The monoisotopic (exact) mass is 291 g/mol. The SMILES string of the molecule is CNCC(Cc1ccc(F)c(Cl)c1)c1ccccc1C. The standard InChI is InChI=1S/C17H19ClFN/c1-12-5-3-4-6-15(12)14(11-20-2)9-13-7-8-17(19)16(18)10-13/h3-8,10,14,20H,9,11H2,1-2H3. The summed E-state index contributed by atoms with van der Waals surface area (Å²) in [7, 11) is 1.95. The van der Waals surface area contributed by atoms with Crippen LogP contribution in [0.15, 0.2) is 42.5 Å². The molecule has 0 radical (unpaired) electrons. The van der Waals surface area contributed by atoms with Gasteiger partial charge in [0.15, 0.2) is 0 Å². The minimum absolute atomic E-state index is 0.190. The second-order valence-corrected chi connectivity index (χ2v) is 5.47. The molecule has 0 saturated heterocycles. The van der Waals surface area contributed by atoms with Crippen LogP contribution in [0.1, 0.15) is 22.6 Å². The van der Waals surface area contributed by atoms with Gasteiger partial charge >= 0.3 is 0 Å². The quantitative estimate of drug-likeness (QED) is 0.864. The molecule has 2 rings (SSSR count). The smallest absolute Gasteiger partial charge is 0.141 e. The average molecular weight is 292 g/mol. The van der Waals surface area contributed by atoms with Crippen molar-refractivity contribution in [3.63, 3.8) is 0 Å². The molecule has 0 amide bonds. The Labute approximate surface area is 124 Å². The zero-order chi connectivity index (χ0) is 14.5. The summed E-state index contributed by atoms with van der Waals surface area (Å²) in [6.07, 6.45) is 0.839. The van der Waals surface area contributed by atoms with Gasteiger partial charge in [0.05, 0.1) is 5.02 Å². The summed E-state index contributed by atoms with van der Waals surface area (Å²) in [6, 6.07) is 13.3. The number of nitrogens with one attached hydrogen (secondary N) is 1. The first-order valence-corrected chi connectivity index (χ1v) is 7.13. The fourth-order valence-corrected chi connectivity index (χ4v) is 2.74. The van der Waals surface area contributed by atoms with Gasteiger partial charge in [0.25, 0.3) is 0 Å². The minimum Gasteiger partial charge on any atom is -0.319 e. The second kappa shape index (κ2) is 6.87. The zero-order valence-corrected chi connectivity index (χ0v) is 12.5. The van der Waals surface area contributed by atoms with Crippen molar-refractivity contribution in [1.82, 2.24) is 5.32 Å². The van der Waals surface area contributed by atoms with Crippen LogP contribution in [-0.4, -0.2) is 13.6 Å². The Hall–Kier alpha value is -1.38. The van der Waals surface area contributed by atoms with E-state index < -0.39 is 0 Å². The molecule has 0 aliphatic rings. The van der Waals surface area contributed by atoms with E-state index in [4.69, 9.17) is 11.6 Å². The molecule has 3 heteroatoms. The first-order valence-electron chi connectivity index (χ1n) is 6.76. The Morgan fingerprint density at radius 3 is 2.60 bits per heavy atom. The molecular weight excluding hydrogens is 273 g/mol. The van der Waals surface area contributed by atoms with Crippen LogP contribution in [0.25, 0.3) is 0 Å². The van der Waals surface area contributed by atoms with Gasteiger partial charge in [-0.3, -0.25) is 0 Å². The van der Waals surface area contributed by atoms with Crippen molar-refractivity contribution in [3.05, 3.63) is 70.0 Å². The van der Waals surface area contributed by atoms with Crippen molar-refractivity contribution in [1.29, 1.82) is 0 Å². The summed E-state index contributed by atoms with van der Waals surface area (Å²) in [6.45, 7) is 3.00. The molecule has 1 nitrogen and oxygen atoms in total. The fraction of sp³-hybridized carbons (Fsp3) is 0.294. The predicted molar refractivity (Wildman–Crippen MR) is 83.0 cm³/mol. The van der Waals surface area contributed by atoms with Crippen molar-refractivity contribution in [2.24, 2.45) is 0 Å². The summed E-state index contributed by atoms with van der Waals surface area (Å²) < 4.78 is 13.2. The van der Waals surface area contributed by atoms with Crippen LogP contribution in [0.5, 0.6) is 0 Å². The molecule has 0 saturated carbocycles. The molecule has 2 aromatic carbocycles. The molecule has 0 bridgehead atoms. The third-order valence-corrected chi connectivity index (χ3v) is 3.83. The third kappa shape index (κ3) is 3.59. The fourth-order valence-electron chi connectivity index (χ4n) is 2.53. The molecule has 0 heterocycles. The molecule has 20 heavy (non-hydrogen) atoms. The number of likely N-dealkylation sites (N-methyl/N-ethyl adjacent to an activating group) is 1. The predicted octanol–water partition coefficient (Wildman–Crippen LogP) is 4.33. The molecule has 0 aliphatic carbocycles. The molecule has 1 unspecified atom stereocenters. The first kappa shape index (κ1) is 15.0. The van der Waals surface area contributed by atoms with Gasteiger partial charge in [-0.1, -0.05) is 41.9 Å². The number of hydrogen-bond acceptors (Lipinski definition) is 1. The lowest BCUT2D eigenvalue weighted by Crippen LogP contribution is -2.20. The van der Waals surface area contributed by atoms with Crippen LogP contribution in [-0.2, 0) is 6.42 Å². The third-order valence-electron chi connectivity index (χ3n) is 3.54. The lowest BCUT2D eigenvalue weighted by atomic mass is 9.89. The number of hydrogen-bond donors (Lipinski definition) is 1. The Morgan fingerprint density at radius 1 is 1.20 bits per heavy atom. The van der Waals surface area contributed by atoms with Crippen LogP contribution in [0.2, 0.25) is 5.02 Å². The van der Waals surface area contributed by atoms with E-state index in [1.165, 1.54) is 17.2 Å². The topological polar surface area (TPSA) is 12.0 Å². The van der Waals surface area contributed by atoms with Gasteiger partial charge < -0.3 is 5.32 Å². The van der Waals surface area contributed by atoms with Gasteiger partial charge in [0.1, 0.15) is 5.82 Å². The van der Waals surface area contributed by atoms with Crippen LogP contribution < -0.4 is 5.32 Å². The van der Waals surface area contributed by atoms with E-state index in [1.54, 1.807) is 6.07 Å². The summed E-state index contributed by atoms with van der Waals surface area (Å²) >= 11 is 5.86. The van der Waals surface area contributed by atoms with E-state index in [9.17, 15) is 4.39 Å². The molecule has 0 aromatic heterocycles. The number of aryl methyl sites for hydroxylation is 1. The van der Waals surface area contributed by atoms with Crippen LogP contribution >= 0.6 is 11.6 Å². The summed E-state index contributed by atoms with van der Waals surface area (Å²) in [5.74, 6) is -0.0146. The van der Waals surface area contributed by atoms with E-state index in [-0.39, 0.29) is 10.8 Å². The lowest BCUT2D eigenvalue weighted by Gasteiger charge is -2.19. The maximum atomic E-state index is 13.2. The summed E-state index contributed by atoms with van der Waals surface area (Å²) in [5.41, 5.74) is 3.66. The molecule has 0 spiro atoms. The van der Waals surface area contributed by atoms with E-state index in [0.29, 0.717) is 5.92 Å². The molecule has 0 aliphatic heterocycles. The Bertz CT molecular complexity index is 583. The van der Waals surface area contributed by atoms with Crippen LogP contribution in [0.4, 0.5) is 4.39 Å². The van der Waals surface area contributed by atoms with E-state index in [1.807, 2.05) is 19.2 Å². The van der Waals surface area contributed by atoms with Gasteiger partial charge in [0, 0.05) is 12.5 Å². The summed E-state index contributed by atoms with van der Waals surface area (Å²) in [5, 5.41) is 3.42. The van der Waals surface area contributed by atoms with Crippen LogP contribution in [0, 0.1) is 12.7 Å². The summed E-state index contributed by atoms with van der Waals surface area (Å²) in [4.78, 5) is 0.